The number of amides is 2. The molecular formula is C16H24ClN3O3. The summed E-state index contributed by atoms with van der Waals surface area (Å²) in [7, 11) is 1.58. The van der Waals surface area contributed by atoms with Crippen LogP contribution in [0.3, 0.4) is 0 Å². The lowest BCUT2D eigenvalue weighted by atomic mass is 10.1. The van der Waals surface area contributed by atoms with Crippen molar-refractivity contribution in [2.24, 2.45) is 0 Å². The first kappa shape index (κ1) is 19.3. The van der Waals surface area contributed by atoms with Crippen LogP contribution in [0.15, 0.2) is 24.3 Å². The number of anilines is 1. The van der Waals surface area contributed by atoms with E-state index in [-0.39, 0.29) is 30.6 Å². The maximum Gasteiger partial charge on any atom is 0.240 e. The van der Waals surface area contributed by atoms with Gasteiger partial charge in [-0.3, -0.25) is 9.59 Å². The van der Waals surface area contributed by atoms with E-state index in [4.69, 9.17) is 4.74 Å². The molecule has 0 saturated carbocycles. The molecule has 0 bridgehead atoms. The first-order valence-corrected chi connectivity index (χ1v) is 7.60. The van der Waals surface area contributed by atoms with Crippen LogP contribution in [0.25, 0.3) is 0 Å². The summed E-state index contributed by atoms with van der Waals surface area (Å²) in [5.41, 5.74) is 0.665. The Morgan fingerprint density at radius 1 is 1.48 bits per heavy atom. The molecule has 1 heterocycles. The molecule has 0 radical (unpaired) electrons. The number of carbonyl (C=O) groups excluding carboxylic acids is 2. The Labute approximate surface area is 143 Å². The van der Waals surface area contributed by atoms with Crippen molar-refractivity contribution in [3.05, 3.63) is 24.3 Å². The van der Waals surface area contributed by atoms with Crippen molar-refractivity contribution in [3.8, 4) is 5.75 Å². The topological polar surface area (TPSA) is 70.7 Å². The van der Waals surface area contributed by atoms with Crippen LogP contribution in [0.1, 0.15) is 19.8 Å². The lowest BCUT2D eigenvalue weighted by Gasteiger charge is -2.32. The van der Waals surface area contributed by atoms with Crippen molar-refractivity contribution in [1.82, 2.24) is 10.2 Å². The van der Waals surface area contributed by atoms with E-state index < -0.39 is 6.04 Å². The number of methoxy groups -OCH3 is 1. The number of rotatable bonds is 6. The largest absolute Gasteiger partial charge is 0.497 e. The average molecular weight is 342 g/mol. The molecule has 1 saturated heterocycles. The summed E-state index contributed by atoms with van der Waals surface area (Å²) in [4.78, 5) is 26.2. The van der Waals surface area contributed by atoms with E-state index in [1.807, 2.05) is 17.9 Å². The van der Waals surface area contributed by atoms with Gasteiger partial charge in [-0.15, -0.1) is 12.4 Å². The highest BCUT2D eigenvalue weighted by molar-refractivity contribution is 5.95. The van der Waals surface area contributed by atoms with Gasteiger partial charge in [0.25, 0.3) is 0 Å². The zero-order valence-corrected chi connectivity index (χ0v) is 14.3. The smallest absolute Gasteiger partial charge is 0.240 e. The van der Waals surface area contributed by atoms with Crippen LogP contribution in [-0.2, 0) is 9.59 Å². The Bertz CT molecular complexity index is 537. The van der Waals surface area contributed by atoms with E-state index in [0.29, 0.717) is 18.0 Å². The summed E-state index contributed by atoms with van der Waals surface area (Å²) < 4.78 is 5.12. The number of ether oxygens (including phenoxy) is 1. The van der Waals surface area contributed by atoms with Crippen LogP contribution in [0, 0.1) is 0 Å². The van der Waals surface area contributed by atoms with Gasteiger partial charge in [0.2, 0.25) is 11.8 Å². The molecule has 2 N–H and O–H groups in total. The lowest BCUT2D eigenvalue weighted by molar-refractivity contribution is -0.137. The van der Waals surface area contributed by atoms with Crippen LogP contribution in [0.5, 0.6) is 5.75 Å². The molecular weight excluding hydrogens is 318 g/mol. The van der Waals surface area contributed by atoms with Gasteiger partial charge in [0.15, 0.2) is 0 Å². The van der Waals surface area contributed by atoms with Gasteiger partial charge >= 0.3 is 0 Å². The average Bonchev–Trinajstić information content (AvgIpc) is 2.51. The monoisotopic (exact) mass is 341 g/mol. The molecule has 23 heavy (non-hydrogen) atoms. The molecule has 0 aliphatic carbocycles. The van der Waals surface area contributed by atoms with Crippen LogP contribution in [-0.4, -0.2) is 49.5 Å². The third-order valence-electron chi connectivity index (χ3n) is 3.62. The third-order valence-corrected chi connectivity index (χ3v) is 3.62. The quantitative estimate of drug-likeness (QED) is 0.825. The minimum Gasteiger partial charge on any atom is -0.497 e. The molecule has 1 atom stereocenters. The summed E-state index contributed by atoms with van der Waals surface area (Å²) in [6.07, 6.45) is 1.06. The van der Waals surface area contributed by atoms with E-state index in [9.17, 15) is 9.59 Å². The lowest BCUT2D eigenvalue weighted by Crippen LogP contribution is -2.56. The number of hydrogen-bond acceptors (Lipinski definition) is 4. The number of nitrogens with zero attached hydrogens (tertiary/aromatic N) is 1. The Hall–Kier alpha value is -1.79. The van der Waals surface area contributed by atoms with E-state index in [1.54, 1.807) is 25.3 Å². The van der Waals surface area contributed by atoms with Gasteiger partial charge in [-0.25, -0.2) is 0 Å². The fourth-order valence-corrected chi connectivity index (χ4v) is 2.54. The Kier molecular flexibility index (Phi) is 7.85. The second kappa shape index (κ2) is 9.37. The zero-order chi connectivity index (χ0) is 15.9. The predicted octanol–water partition coefficient (Wildman–Crippen LogP) is 1.66. The molecule has 1 aromatic rings. The van der Waals surface area contributed by atoms with Crippen LogP contribution < -0.4 is 15.4 Å². The molecule has 1 unspecified atom stereocenters. The summed E-state index contributed by atoms with van der Waals surface area (Å²) in [5.74, 6) is 0.505. The molecule has 1 fully saturated rings. The maximum atomic E-state index is 12.3. The van der Waals surface area contributed by atoms with Gasteiger partial charge in [0, 0.05) is 31.4 Å². The van der Waals surface area contributed by atoms with Crippen LogP contribution in [0.4, 0.5) is 5.69 Å². The highest BCUT2D eigenvalue weighted by atomic mass is 35.5. The molecule has 6 nitrogen and oxygen atoms in total. The fourth-order valence-electron chi connectivity index (χ4n) is 2.54. The van der Waals surface area contributed by atoms with Crippen molar-refractivity contribution in [2.75, 3.05) is 32.1 Å². The number of piperazine rings is 1. The van der Waals surface area contributed by atoms with Gasteiger partial charge in [0.05, 0.1) is 19.6 Å². The standard InChI is InChI=1S/C16H23N3O3.ClH/c1-3-8-19-9-7-17-14(16(19)21)11-15(20)18-12-5-4-6-13(10-12)22-2;/h4-6,10,14,17H,3,7-9,11H2,1-2H3,(H,18,20);1H. The minimum atomic E-state index is -0.439. The molecule has 0 aromatic heterocycles. The van der Waals surface area contributed by atoms with E-state index in [2.05, 4.69) is 10.6 Å². The summed E-state index contributed by atoms with van der Waals surface area (Å²) in [6, 6.07) is 6.72. The molecule has 128 valence electrons. The Morgan fingerprint density at radius 3 is 2.96 bits per heavy atom. The Balaban J connectivity index is 0.00000264. The predicted molar refractivity (Wildman–Crippen MR) is 92.2 cm³/mol. The third kappa shape index (κ3) is 5.41. The molecule has 1 aromatic carbocycles. The van der Waals surface area contributed by atoms with Crippen molar-refractivity contribution in [2.45, 2.75) is 25.8 Å². The van der Waals surface area contributed by atoms with Crippen molar-refractivity contribution in [3.63, 3.8) is 0 Å². The number of benzene rings is 1. The maximum absolute atomic E-state index is 12.3. The van der Waals surface area contributed by atoms with Gasteiger partial charge in [-0.05, 0) is 18.6 Å². The highest BCUT2D eigenvalue weighted by Crippen LogP contribution is 2.17. The SMILES string of the molecule is CCCN1CCNC(CC(=O)Nc2cccc(OC)c2)C1=O.Cl. The summed E-state index contributed by atoms with van der Waals surface area (Å²) in [6.45, 7) is 4.22. The minimum absolute atomic E-state index is 0. The second-order valence-corrected chi connectivity index (χ2v) is 5.32. The second-order valence-electron chi connectivity index (χ2n) is 5.32. The van der Waals surface area contributed by atoms with Gasteiger partial charge in [0.1, 0.15) is 5.75 Å². The molecule has 0 spiro atoms. The van der Waals surface area contributed by atoms with Crippen molar-refractivity contribution >= 4 is 29.9 Å². The van der Waals surface area contributed by atoms with Gasteiger partial charge in [-0.1, -0.05) is 13.0 Å². The molecule has 7 heteroatoms. The molecule has 2 rings (SSSR count). The number of nitrogens with one attached hydrogen (secondary N) is 2. The van der Waals surface area contributed by atoms with E-state index in [1.165, 1.54) is 0 Å². The van der Waals surface area contributed by atoms with Crippen LogP contribution >= 0.6 is 12.4 Å². The summed E-state index contributed by atoms with van der Waals surface area (Å²) >= 11 is 0. The normalized spacial score (nSPS) is 17.4. The van der Waals surface area contributed by atoms with Crippen molar-refractivity contribution in [1.29, 1.82) is 0 Å². The van der Waals surface area contributed by atoms with Crippen molar-refractivity contribution < 1.29 is 14.3 Å². The number of carbonyl (C=O) groups is 2. The van der Waals surface area contributed by atoms with Crippen LogP contribution in [0.2, 0.25) is 0 Å². The first-order valence-electron chi connectivity index (χ1n) is 7.60. The van der Waals surface area contributed by atoms with E-state index in [0.717, 1.165) is 19.5 Å². The number of halogens is 1. The first-order chi connectivity index (χ1) is 10.6. The molecule has 1 aliphatic heterocycles. The Morgan fingerprint density at radius 2 is 2.26 bits per heavy atom. The molecule has 1 aliphatic rings. The number of hydrogen-bond donors (Lipinski definition) is 2. The molecule has 2 amide bonds. The zero-order valence-electron chi connectivity index (χ0n) is 13.5. The van der Waals surface area contributed by atoms with Gasteiger partial charge < -0.3 is 20.3 Å². The summed E-state index contributed by atoms with van der Waals surface area (Å²) in [5, 5.41) is 5.92. The van der Waals surface area contributed by atoms with Gasteiger partial charge in [-0.2, -0.15) is 0 Å². The fraction of sp³-hybridized carbons (Fsp3) is 0.500. The highest BCUT2D eigenvalue weighted by Gasteiger charge is 2.29. The van der Waals surface area contributed by atoms with E-state index >= 15 is 0 Å².